The smallest absolute Gasteiger partial charge is 0.0594 e. The third-order valence-electron chi connectivity index (χ3n) is 2.76. The second-order valence-corrected chi connectivity index (χ2v) is 3.82. The van der Waals surface area contributed by atoms with Crippen molar-refractivity contribution >= 4 is 0 Å². The lowest BCUT2D eigenvalue weighted by Crippen LogP contribution is -2.35. The van der Waals surface area contributed by atoms with Gasteiger partial charge in [-0.15, -0.1) is 0 Å². The summed E-state index contributed by atoms with van der Waals surface area (Å²) in [4.78, 5) is 2.45. The van der Waals surface area contributed by atoms with Crippen molar-refractivity contribution in [2.45, 2.75) is 13.5 Å². The van der Waals surface area contributed by atoms with Gasteiger partial charge in [-0.2, -0.15) is 0 Å². The van der Waals surface area contributed by atoms with Gasteiger partial charge in [0.2, 0.25) is 0 Å². The van der Waals surface area contributed by atoms with Gasteiger partial charge >= 0.3 is 0 Å². The minimum atomic E-state index is 0.881. The van der Waals surface area contributed by atoms with E-state index in [1.54, 1.807) is 0 Å². The summed E-state index contributed by atoms with van der Waals surface area (Å²) >= 11 is 0. The van der Waals surface area contributed by atoms with Crippen molar-refractivity contribution < 1.29 is 4.74 Å². The van der Waals surface area contributed by atoms with Gasteiger partial charge < -0.3 is 4.74 Å². The van der Waals surface area contributed by atoms with E-state index in [4.69, 9.17) is 4.74 Å². The quantitative estimate of drug-likeness (QED) is 0.707. The van der Waals surface area contributed by atoms with Crippen LogP contribution in [-0.2, 0) is 11.3 Å². The standard InChI is InChI=1S/C12H17NO/c1-11-4-2-3-5-12(11)10-13-6-8-14-9-7-13/h2-5H,6-10H2,1H3. The Morgan fingerprint density at radius 2 is 1.93 bits per heavy atom. The summed E-state index contributed by atoms with van der Waals surface area (Å²) in [6.45, 7) is 7.13. The molecule has 0 bridgehead atoms. The highest BCUT2D eigenvalue weighted by atomic mass is 16.5. The molecule has 1 aromatic carbocycles. The average Bonchev–Trinajstić information content (AvgIpc) is 2.23. The number of benzene rings is 1. The van der Waals surface area contributed by atoms with E-state index < -0.39 is 0 Å². The van der Waals surface area contributed by atoms with Gasteiger partial charge in [-0.05, 0) is 18.1 Å². The van der Waals surface area contributed by atoms with Gasteiger partial charge in [0.25, 0.3) is 0 Å². The molecule has 0 unspecified atom stereocenters. The second-order valence-electron chi connectivity index (χ2n) is 3.82. The maximum atomic E-state index is 5.33. The Balaban J connectivity index is 1.99. The predicted octanol–water partition coefficient (Wildman–Crippen LogP) is 1.83. The van der Waals surface area contributed by atoms with Crippen LogP contribution in [0.3, 0.4) is 0 Å². The summed E-state index contributed by atoms with van der Waals surface area (Å²) in [6.07, 6.45) is 0. The number of rotatable bonds is 2. The Labute approximate surface area is 85.5 Å². The molecule has 76 valence electrons. The summed E-state index contributed by atoms with van der Waals surface area (Å²) in [5.74, 6) is 0. The summed E-state index contributed by atoms with van der Waals surface area (Å²) in [5.41, 5.74) is 2.83. The molecule has 0 atom stereocenters. The van der Waals surface area contributed by atoms with E-state index in [2.05, 4.69) is 36.1 Å². The first-order chi connectivity index (χ1) is 6.86. The Morgan fingerprint density at radius 1 is 1.21 bits per heavy atom. The first-order valence-corrected chi connectivity index (χ1v) is 5.21. The molecule has 0 N–H and O–H groups in total. The average molecular weight is 191 g/mol. The van der Waals surface area contributed by atoms with Gasteiger partial charge in [-0.3, -0.25) is 4.90 Å². The zero-order valence-electron chi connectivity index (χ0n) is 8.70. The lowest BCUT2D eigenvalue weighted by molar-refractivity contribution is 0.0341. The molecule has 1 fully saturated rings. The van der Waals surface area contributed by atoms with E-state index in [0.717, 1.165) is 32.8 Å². The van der Waals surface area contributed by atoms with Crippen molar-refractivity contribution in [3.8, 4) is 0 Å². The summed E-state index contributed by atoms with van der Waals surface area (Å²) in [7, 11) is 0. The number of ether oxygens (including phenoxy) is 1. The molecule has 14 heavy (non-hydrogen) atoms. The zero-order chi connectivity index (χ0) is 9.80. The molecule has 1 aromatic rings. The number of morpholine rings is 1. The molecule has 1 aliphatic heterocycles. The minimum Gasteiger partial charge on any atom is -0.379 e. The third kappa shape index (κ3) is 2.34. The molecule has 2 rings (SSSR count). The third-order valence-corrected chi connectivity index (χ3v) is 2.76. The lowest BCUT2D eigenvalue weighted by Gasteiger charge is -2.27. The van der Waals surface area contributed by atoms with E-state index in [1.165, 1.54) is 11.1 Å². The maximum Gasteiger partial charge on any atom is 0.0594 e. The molecule has 0 spiro atoms. The monoisotopic (exact) mass is 191 g/mol. The highest BCUT2D eigenvalue weighted by Crippen LogP contribution is 2.11. The topological polar surface area (TPSA) is 12.5 Å². The molecule has 0 saturated carbocycles. The molecule has 0 aliphatic carbocycles. The summed E-state index contributed by atoms with van der Waals surface area (Å²) in [6, 6.07) is 8.60. The van der Waals surface area contributed by atoms with Gasteiger partial charge in [0.15, 0.2) is 0 Å². The Morgan fingerprint density at radius 3 is 2.64 bits per heavy atom. The van der Waals surface area contributed by atoms with Crippen LogP contribution in [0.5, 0.6) is 0 Å². The van der Waals surface area contributed by atoms with Crippen LogP contribution in [-0.4, -0.2) is 31.2 Å². The first kappa shape index (κ1) is 9.69. The van der Waals surface area contributed by atoms with Crippen molar-refractivity contribution in [3.05, 3.63) is 35.4 Å². The van der Waals surface area contributed by atoms with Crippen LogP contribution in [0.15, 0.2) is 24.3 Å². The maximum absolute atomic E-state index is 5.33. The number of hydrogen-bond acceptors (Lipinski definition) is 2. The number of aryl methyl sites for hydroxylation is 1. The fourth-order valence-electron chi connectivity index (χ4n) is 1.79. The molecule has 2 nitrogen and oxygen atoms in total. The van der Waals surface area contributed by atoms with Crippen LogP contribution in [0.4, 0.5) is 0 Å². The molecule has 0 radical (unpaired) electrons. The SMILES string of the molecule is Cc1ccccc1CN1CCOCC1. The van der Waals surface area contributed by atoms with Crippen LogP contribution in [0, 0.1) is 6.92 Å². The lowest BCUT2D eigenvalue weighted by atomic mass is 10.1. The normalized spacial score (nSPS) is 18.4. The fraction of sp³-hybridized carbons (Fsp3) is 0.500. The van der Waals surface area contributed by atoms with Crippen molar-refractivity contribution in [2.24, 2.45) is 0 Å². The molecule has 1 heterocycles. The molecule has 1 aliphatic rings. The Bertz CT molecular complexity index is 292. The van der Waals surface area contributed by atoms with E-state index in [9.17, 15) is 0 Å². The van der Waals surface area contributed by atoms with Crippen LogP contribution in [0.2, 0.25) is 0 Å². The molecular weight excluding hydrogens is 174 g/mol. The minimum absolute atomic E-state index is 0.881. The van der Waals surface area contributed by atoms with Gasteiger partial charge in [0.1, 0.15) is 0 Å². The van der Waals surface area contributed by atoms with Crippen LogP contribution in [0.25, 0.3) is 0 Å². The van der Waals surface area contributed by atoms with Gasteiger partial charge in [-0.1, -0.05) is 24.3 Å². The van der Waals surface area contributed by atoms with Crippen molar-refractivity contribution in [1.29, 1.82) is 0 Å². The molecule has 0 aromatic heterocycles. The molecule has 0 amide bonds. The van der Waals surface area contributed by atoms with Crippen LogP contribution in [0.1, 0.15) is 11.1 Å². The van der Waals surface area contributed by atoms with E-state index in [0.29, 0.717) is 0 Å². The number of hydrogen-bond donors (Lipinski definition) is 0. The highest BCUT2D eigenvalue weighted by Gasteiger charge is 2.10. The Kier molecular flexibility index (Phi) is 3.17. The summed E-state index contributed by atoms with van der Waals surface area (Å²) in [5, 5.41) is 0. The molecule has 2 heteroatoms. The van der Waals surface area contributed by atoms with E-state index in [1.807, 2.05) is 0 Å². The van der Waals surface area contributed by atoms with Gasteiger partial charge in [0, 0.05) is 19.6 Å². The van der Waals surface area contributed by atoms with Gasteiger partial charge in [0.05, 0.1) is 13.2 Å². The van der Waals surface area contributed by atoms with Crippen LogP contribution < -0.4 is 0 Å². The van der Waals surface area contributed by atoms with E-state index >= 15 is 0 Å². The molecule has 1 saturated heterocycles. The highest BCUT2D eigenvalue weighted by molar-refractivity contribution is 5.25. The zero-order valence-corrected chi connectivity index (χ0v) is 8.70. The van der Waals surface area contributed by atoms with Crippen molar-refractivity contribution in [3.63, 3.8) is 0 Å². The fourth-order valence-corrected chi connectivity index (χ4v) is 1.79. The predicted molar refractivity (Wildman–Crippen MR) is 57.3 cm³/mol. The van der Waals surface area contributed by atoms with Crippen molar-refractivity contribution in [1.82, 2.24) is 4.90 Å². The van der Waals surface area contributed by atoms with Crippen LogP contribution >= 0.6 is 0 Å². The summed E-state index contributed by atoms with van der Waals surface area (Å²) < 4.78 is 5.33. The van der Waals surface area contributed by atoms with E-state index in [-0.39, 0.29) is 0 Å². The largest absolute Gasteiger partial charge is 0.379 e. The van der Waals surface area contributed by atoms with Crippen molar-refractivity contribution in [2.75, 3.05) is 26.3 Å². The van der Waals surface area contributed by atoms with Gasteiger partial charge in [-0.25, -0.2) is 0 Å². The Hall–Kier alpha value is -0.860. The molecular formula is C12H17NO. The first-order valence-electron chi connectivity index (χ1n) is 5.21. The number of nitrogens with zero attached hydrogens (tertiary/aromatic N) is 1. The second kappa shape index (κ2) is 4.58.